The van der Waals surface area contributed by atoms with Gasteiger partial charge in [-0.1, -0.05) is 123 Å². The molecular weight excluding hydrogens is 997 g/mol. The van der Waals surface area contributed by atoms with Crippen LogP contribution in [-0.2, 0) is 67.2 Å². The van der Waals surface area contributed by atoms with Gasteiger partial charge in [-0.25, -0.2) is 0 Å². The normalized spacial score (nSPS) is 15.4. The van der Waals surface area contributed by atoms with E-state index in [2.05, 4.69) is 21.3 Å². The zero-order valence-corrected chi connectivity index (χ0v) is 42.9. The van der Waals surface area contributed by atoms with Crippen molar-refractivity contribution in [1.82, 2.24) is 26.2 Å². The van der Waals surface area contributed by atoms with Gasteiger partial charge in [0.05, 0.1) is 45.8 Å². The Kier molecular flexibility index (Phi) is 23.6. The van der Waals surface area contributed by atoms with Crippen LogP contribution in [0, 0.1) is 11.8 Å². The number of nitrogens with zero attached hydrogens (tertiary/aromatic N) is 1. The van der Waals surface area contributed by atoms with Crippen molar-refractivity contribution in [2.24, 2.45) is 11.8 Å². The summed E-state index contributed by atoms with van der Waals surface area (Å²) in [4.78, 5) is 98.5. The van der Waals surface area contributed by atoms with E-state index >= 15 is 0 Å². The molecule has 4 rings (SSSR count). The van der Waals surface area contributed by atoms with Gasteiger partial charge in [-0.05, 0) is 73.3 Å². The summed E-state index contributed by atoms with van der Waals surface area (Å²) in [5.74, 6) is -3.59. The minimum absolute atomic E-state index is 0.00249. The van der Waals surface area contributed by atoms with Crippen molar-refractivity contribution in [3.63, 3.8) is 0 Å². The average molecular weight is 1070 g/mol. The molecule has 16 nitrogen and oxygen atoms in total. The number of hydrogen-bond donors (Lipinski definition) is 4. The molecular formula is C52H70IN5O11. The molecule has 4 N–H and O–H groups in total. The lowest BCUT2D eigenvalue weighted by Crippen LogP contribution is -2.60. The highest BCUT2D eigenvalue weighted by Crippen LogP contribution is 2.23. The Balaban J connectivity index is 1.49. The molecule has 1 aliphatic rings. The smallest absolute Gasteiger partial charge is 0.307 e. The second-order valence-electron chi connectivity index (χ2n) is 18.4. The molecule has 4 amide bonds. The lowest BCUT2D eigenvalue weighted by atomic mass is 9.90. The highest BCUT2D eigenvalue weighted by molar-refractivity contribution is 14.1. The number of amides is 4. The van der Waals surface area contributed by atoms with Crippen LogP contribution in [0.4, 0.5) is 0 Å². The third-order valence-electron chi connectivity index (χ3n) is 11.5. The van der Waals surface area contributed by atoms with Crippen molar-refractivity contribution in [1.29, 1.82) is 0 Å². The number of benzene rings is 3. The first kappa shape index (κ1) is 56.2. The van der Waals surface area contributed by atoms with E-state index in [1.165, 1.54) is 6.92 Å². The molecule has 5 atom stereocenters. The van der Waals surface area contributed by atoms with E-state index in [1.807, 2.05) is 116 Å². The summed E-state index contributed by atoms with van der Waals surface area (Å²) in [6.45, 7) is 11.4. The number of hydrogen-bond acceptors (Lipinski definition) is 12. The highest BCUT2D eigenvalue weighted by Gasteiger charge is 2.42. The number of carbonyl (C=O) groups is 7. The van der Waals surface area contributed by atoms with Crippen LogP contribution in [0.2, 0.25) is 0 Å². The number of esters is 2. The van der Waals surface area contributed by atoms with Gasteiger partial charge in [0.1, 0.15) is 30.5 Å². The number of methoxy groups -OCH3 is 1. The maximum atomic E-state index is 14.5. The van der Waals surface area contributed by atoms with Crippen molar-refractivity contribution in [2.45, 2.75) is 116 Å². The standard InChI is InChI=1S/C52H70IN5O11/c1-35(2)29-42(48(62)52(5,34-53)69-47(61)24-23-46(60)68-33-39-17-20-40(66-6)21-18-39)55-51(65)44(31-38-15-11-8-12-16-38)57-50(64)43(30-36(3)4)56-49(63)41(22-19-37-13-9-7-10-14-37)54-45(59)32-58-25-27-67-28-26-58/h7-18,20-21,35-36,41-44H,19,22-34H2,1-6H3,(H,54,59)(H,55,65)(H,56,63)(H,57,64)/t41-,42-,43?,44-,52+/m0/s1. The van der Waals surface area contributed by atoms with Gasteiger partial charge in [0, 0.05) is 23.9 Å². The van der Waals surface area contributed by atoms with Crippen LogP contribution in [-0.4, -0.2) is 120 Å². The van der Waals surface area contributed by atoms with Crippen molar-refractivity contribution in [3.05, 3.63) is 102 Å². The van der Waals surface area contributed by atoms with Gasteiger partial charge < -0.3 is 40.2 Å². The summed E-state index contributed by atoms with van der Waals surface area (Å²) in [7, 11) is 1.55. The van der Waals surface area contributed by atoms with Crippen LogP contribution >= 0.6 is 22.6 Å². The van der Waals surface area contributed by atoms with Crippen LogP contribution in [0.5, 0.6) is 5.75 Å². The molecule has 69 heavy (non-hydrogen) atoms. The van der Waals surface area contributed by atoms with Crippen molar-refractivity contribution in [2.75, 3.05) is 44.4 Å². The van der Waals surface area contributed by atoms with Crippen LogP contribution in [0.25, 0.3) is 0 Å². The van der Waals surface area contributed by atoms with E-state index < -0.39 is 65.2 Å². The molecule has 1 aliphatic heterocycles. The Labute approximate surface area is 420 Å². The number of halogens is 1. The van der Waals surface area contributed by atoms with Crippen molar-refractivity contribution in [3.8, 4) is 5.75 Å². The molecule has 1 fully saturated rings. The monoisotopic (exact) mass is 1070 g/mol. The zero-order chi connectivity index (χ0) is 50.3. The molecule has 0 bridgehead atoms. The largest absolute Gasteiger partial charge is 0.497 e. The Hall–Kier alpha value is -5.40. The first-order valence-electron chi connectivity index (χ1n) is 23.7. The molecule has 1 unspecified atom stereocenters. The summed E-state index contributed by atoms with van der Waals surface area (Å²) in [5, 5.41) is 11.6. The van der Waals surface area contributed by atoms with E-state index in [4.69, 9.17) is 18.9 Å². The summed E-state index contributed by atoms with van der Waals surface area (Å²) in [6, 6.07) is 21.3. The van der Waals surface area contributed by atoms with Crippen LogP contribution in [0.3, 0.4) is 0 Å². The third kappa shape index (κ3) is 19.9. The van der Waals surface area contributed by atoms with Gasteiger partial charge >= 0.3 is 11.9 Å². The number of morpholine rings is 1. The molecule has 3 aromatic rings. The van der Waals surface area contributed by atoms with Gasteiger partial charge in [0.25, 0.3) is 0 Å². The Bertz CT molecular complexity index is 2120. The first-order valence-corrected chi connectivity index (χ1v) is 25.2. The number of ether oxygens (including phenoxy) is 4. The lowest BCUT2D eigenvalue weighted by Gasteiger charge is -2.32. The van der Waals surface area contributed by atoms with Gasteiger partial charge in [0.2, 0.25) is 23.6 Å². The van der Waals surface area contributed by atoms with Gasteiger partial charge in [-0.3, -0.25) is 38.5 Å². The summed E-state index contributed by atoms with van der Waals surface area (Å²) >= 11 is 1.95. The maximum absolute atomic E-state index is 14.5. The second-order valence-corrected chi connectivity index (χ2v) is 19.1. The molecule has 0 aliphatic carbocycles. The lowest BCUT2D eigenvalue weighted by molar-refractivity contribution is -0.165. The van der Waals surface area contributed by atoms with E-state index in [0.717, 1.165) is 16.7 Å². The molecule has 0 radical (unpaired) electrons. The summed E-state index contributed by atoms with van der Waals surface area (Å²) in [5.41, 5.74) is 0.763. The molecule has 3 aromatic carbocycles. The third-order valence-corrected chi connectivity index (χ3v) is 12.9. The van der Waals surface area contributed by atoms with E-state index in [-0.39, 0.29) is 73.8 Å². The molecule has 0 saturated carbocycles. The van der Waals surface area contributed by atoms with Gasteiger partial charge in [0.15, 0.2) is 11.4 Å². The number of aryl methyl sites for hydroxylation is 1. The topological polar surface area (TPSA) is 208 Å². The Morgan fingerprint density at radius 3 is 1.80 bits per heavy atom. The predicted octanol–water partition coefficient (Wildman–Crippen LogP) is 5.06. The quantitative estimate of drug-likeness (QED) is 0.0428. The SMILES string of the molecule is COc1ccc(COC(=O)CCC(=O)O[C@](C)(CI)C(=O)[C@H](CC(C)C)NC(=O)[C@H](Cc2ccccc2)NC(=O)C(CC(C)C)NC(=O)[C@H](CCc2ccccc2)NC(=O)CN2CCOCC2)cc1. The maximum Gasteiger partial charge on any atom is 0.307 e. The molecule has 1 heterocycles. The van der Waals surface area contributed by atoms with Gasteiger partial charge in [-0.2, -0.15) is 0 Å². The van der Waals surface area contributed by atoms with Crippen molar-refractivity contribution < 1.29 is 52.5 Å². The highest BCUT2D eigenvalue weighted by atomic mass is 127. The summed E-state index contributed by atoms with van der Waals surface area (Å²) < 4.78 is 21.7. The predicted molar refractivity (Wildman–Crippen MR) is 269 cm³/mol. The molecule has 0 aromatic heterocycles. The van der Waals surface area contributed by atoms with Crippen molar-refractivity contribution >= 4 is 63.9 Å². The molecule has 0 spiro atoms. The van der Waals surface area contributed by atoms with Crippen LogP contribution < -0.4 is 26.0 Å². The van der Waals surface area contributed by atoms with Crippen LogP contribution in [0.15, 0.2) is 84.9 Å². The van der Waals surface area contributed by atoms with E-state index in [9.17, 15) is 33.6 Å². The number of rotatable bonds is 28. The number of carbonyl (C=O) groups excluding carboxylic acids is 7. The first-order chi connectivity index (χ1) is 33.0. The molecule has 17 heteroatoms. The Morgan fingerprint density at radius 2 is 1.20 bits per heavy atom. The van der Waals surface area contributed by atoms with Crippen LogP contribution in [0.1, 0.15) is 83.4 Å². The van der Waals surface area contributed by atoms with E-state index in [0.29, 0.717) is 38.5 Å². The Morgan fingerprint density at radius 1 is 0.667 bits per heavy atom. The van der Waals surface area contributed by atoms with E-state index in [1.54, 1.807) is 31.4 Å². The minimum atomic E-state index is -1.68. The fourth-order valence-electron chi connectivity index (χ4n) is 7.68. The number of nitrogens with one attached hydrogen (secondary N) is 4. The number of alkyl halides is 1. The average Bonchev–Trinajstić information content (AvgIpc) is 3.33. The fourth-order valence-corrected chi connectivity index (χ4v) is 8.22. The fraction of sp³-hybridized carbons (Fsp3) is 0.519. The summed E-state index contributed by atoms with van der Waals surface area (Å²) in [6.07, 6.45) is 0.607. The zero-order valence-electron chi connectivity index (χ0n) is 40.8. The second kappa shape index (κ2) is 28.9. The minimum Gasteiger partial charge on any atom is -0.497 e. The van der Waals surface area contributed by atoms with Gasteiger partial charge in [-0.15, -0.1) is 0 Å². The number of ketones is 1. The molecule has 1 saturated heterocycles. The number of Topliss-reactive ketones (excluding diaryl/α,β-unsaturated/α-hetero) is 1. The molecule has 376 valence electrons.